The molecule has 17 atom stereocenters. The Kier molecular flexibility index (Phi) is 35.6. The van der Waals surface area contributed by atoms with Crippen molar-refractivity contribution in [1.82, 2.24) is 5.32 Å². The van der Waals surface area contributed by atoms with E-state index < -0.39 is 124 Å². The molecule has 3 fully saturated rings. The van der Waals surface area contributed by atoms with Crippen molar-refractivity contribution >= 4 is 5.91 Å². The normalized spacial score (nSPS) is 31.6. The summed E-state index contributed by atoms with van der Waals surface area (Å²) in [7, 11) is 0. The molecule has 0 aromatic heterocycles. The van der Waals surface area contributed by atoms with Gasteiger partial charge in [-0.3, -0.25) is 4.79 Å². The number of nitrogens with one attached hydrogen (secondary N) is 1. The molecule has 3 heterocycles. The lowest BCUT2D eigenvalue weighted by Gasteiger charge is -2.48. The predicted molar refractivity (Wildman–Crippen MR) is 277 cm³/mol. The van der Waals surface area contributed by atoms with E-state index in [0.29, 0.717) is 12.8 Å². The van der Waals surface area contributed by atoms with E-state index in [0.717, 1.165) is 57.8 Å². The van der Waals surface area contributed by atoms with Gasteiger partial charge in [-0.2, -0.15) is 0 Å². The summed E-state index contributed by atoms with van der Waals surface area (Å²) in [6.07, 6.45) is 11.5. The lowest BCUT2D eigenvalue weighted by molar-refractivity contribution is -0.379. The highest BCUT2D eigenvalue weighted by Gasteiger charge is 2.53. The number of aliphatic hydroxyl groups is 11. The summed E-state index contributed by atoms with van der Waals surface area (Å²) in [5.41, 5.74) is 0. The SMILES string of the molecule is CCCCCCC/C=C\C/C=C\CCCCCCCCCCCC(=O)NC(COC1OC(CO)C(OC2OC(CO)C(OC3OC(CO)C(O)C(O)C3O)C(O)C2O)C(O)C1O)C(O)CCCCCCCCCC. The molecule has 12 N–H and O–H groups in total. The molecule has 17 unspecified atom stereocenters. The zero-order valence-electron chi connectivity index (χ0n) is 44.8. The van der Waals surface area contributed by atoms with Crippen LogP contribution in [0.5, 0.6) is 0 Å². The van der Waals surface area contributed by atoms with E-state index in [2.05, 4.69) is 43.5 Å². The van der Waals surface area contributed by atoms with Crippen LogP contribution in [-0.4, -0.2) is 193 Å². The number of hydrogen-bond acceptors (Lipinski definition) is 18. The Hall–Kier alpha value is -1.73. The van der Waals surface area contributed by atoms with Crippen molar-refractivity contribution in [2.24, 2.45) is 0 Å². The number of rotatable bonds is 41. The topological polar surface area (TPSA) is 307 Å². The van der Waals surface area contributed by atoms with Crippen LogP contribution in [0, 0.1) is 0 Å². The summed E-state index contributed by atoms with van der Waals surface area (Å²) < 4.78 is 34.2. The highest BCUT2D eigenvalue weighted by molar-refractivity contribution is 5.76. The van der Waals surface area contributed by atoms with Gasteiger partial charge in [0.1, 0.15) is 73.2 Å². The molecule has 19 heteroatoms. The fourth-order valence-corrected chi connectivity index (χ4v) is 9.75. The van der Waals surface area contributed by atoms with Gasteiger partial charge in [-0.15, -0.1) is 0 Å². The fraction of sp³-hybridized carbons (Fsp3) is 0.909. The zero-order chi connectivity index (χ0) is 54.1. The molecule has 0 spiro atoms. The first kappa shape index (κ1) is 66.5. The Labute approximate surface area is 441 Å². The van der Waals surface area contributed by atoms with Gasteiger partial charge in [0.15, 0.2) is 18.9 Å². The van der Waals surface area contributed by atoms with Crippen LogP contribution in [0.1, 0.15) is 187 Å². The molecule has 3 saturated heterocycles. The summed E-state index contributed by atoms with van der Waals surface area (Å²) in [6.45, 7) is 1.71. The Balaban J connectivity index is 1.46. The molecule has 0 radical (unpaired) electrons. The number of carbonyl (C=O) groups is 1. The fourth-order valence-electron chi connectivity index (χ4n) is 9.75. The molecule has 0 aromatic carbocycles. The molecular formula is C55H101NO18. The first-order chi connectivity index (χ1) is 35.8. The van der Waals surface area contributed by atoms with Gasteiger partial charge in [-0.1, -0.05) is 160 Å². The smallest absolute Gasteiger partial charge is 0.220 e. The molecule has 19 nitrogen and oxygen atoms in total. The number of unbranched alkanes of at least 4 members (excludes halogenated alkanes) is 21. The standard InChI is InChI=1S/C55H101NO18/c1-3-5-7-9-11-13-14-15-16-17-18-19-20-21-22-23-24-25-27-29-31-33-43(61)56-38(39(60)32-30-28-26-12-10-8-6-4-2)37-69-53-49(67)46(64)51(41(35-58)71-53)74-55-50(68)47(65)52(42(36-59)72-55)73-54-48(66)45(63)44(62)40(34-57)70-54/h14-15,17-18,38-42,44-55,57-60,62-68H,3-13,16,19-37H2,1-2H3,(H,56,61)/b15-14-,18-17-. The Morgan fingerprint density at radius 1 is 0.486 bits per heavy atom. The van der Waals surface area contributed by atoms with Crippen LogP contribution in [0.15, 0.2) is 24.3 Å². The first-order valence-electron chi connectivity index (χ1n) is 28.6. The van der Waals surface area contributed by atoms with E-state index in [9.17, 15) is 61.0 Å². The maximum absolute atomic E-state index is 13.3. The molecular weight excluding hydrogens is 963 g/mol. The average Bonchev–Trinajstić information content (AvgIpc) is 3.40. The van der Waals surface area contributed by atoms with Gasteiger partial charge in [0.25, 0.3) is 0 Å². The average molecular weight is 1060 g/mol. The van der Waals surface area contributed by atoms with E-state index in [-0.39, 0.29) is 18.9 Å². The van der Waals surface area contributed by atoms with Crippen molar-refractivity contribution in [3.63, 3.8) is 0 Å². The van der Waals surface area contributed by atoms with Crippen LogP contribution in [0.25, 0.3) is 0 Å². The van der Waals surface area contributed by atoms with Crippen LogP contribution in [-0.2, 0) is 33.2 Å². The van der Waals surface area contributed by atoms with E-state index in [1.165, 1.54) is 96.3 Å². The van der Waals surface area contributed by atoms with Crippen LogP contribution in [0.4, 0.5) is 0 Å². The minimum absolute atomic E-state index is 0.251. The Morgan fingerprint density at radius 3 is 1.38 bits per heavy atom. The predicted octanol–water partition coefficient (Wildman–Crippen LogP) is 3.98. The van der Waals surface area contributed by atoms with Gasteiger partial charge in [0.05, 0.1) is 38.6 Å². The third kappa shape index (κ3) is 24.1. The number of carbonyl (C=O) groups excluding carboxylic acids is 1. The van der Waals surface area contributed by atoms with Crippen molar-refractivity contribution < 1.29 is 89.4 Å². The van der Waals surface area contributed by atoms with Crippen LogP contribution >= 0.6 is 0 Å². The van der Waals surface area contributed by atoms with Crippen LogP contribution in [0.3, 0.4) is 0 Å². The summed E-state index contributed by atoms with van der Waals surface area (Å²) in [5, 5.41) is 120. The summed E-state index contributed by atoms with van der Waals surface area (Å²) in [5.74, 6) is -0.251. The number of aliphatic hydroxyl groups excluding tert-OH is 11. The Morgan fingerprint density at radius 2 is 0.892 bits per heavy atom. The second-order valence-electron chi connectivity index (χ2n) is 20.8. The number of hydrogen-bond donors (Lipinski definition) is 12. The van der Waals surface area contributed by atoms with Gasteiger partial charge >= 0.3 is 0 Å². The van der Waals surface area contributed by atoms with Gasteiger partial charge in [-0.05, 0) is 44.9 Å². The van der Waals surface area contributed by atoms with Gasteiger partial charge in [0.2, 0.25) is 5.91 Å². The van der Waals surface area contributed by atoms with E-state index in [4.69, 9.17) is 28.4 Å². The van der Waals surface area contributed by atoms with Gasteiger partial charge < -0.3 is 89.9 Å². The molecule has 0 bridgehead atoms. The molecule has 3 aliphatic rings. The maximum Gasteiger partial charge on any atom is 0.220 e. The van der Waals surface area contributed by atoms with Crippen LogP contribution < -0.4 is 5.32 Å². The highest BCUT2D eigenvalue weighted by Crippen LogP contribution is 2.33. The van der Waals surface area contributed by atoms with Crippen molar-refractivity contribution in [3.05, 3.63) is 24.3 Å². The summed E-state index contributed by atoms with van der Waals surface area (Å²) in [4.78, 5) is 13.3. The number of allylic oxidation sites excluding steroid dienone is 4. The molecule has 3 rings (SSSR count). The number of ether oxygens (including phenoxy) is 6. The van der Waals surface area contributed by atoms with Crippen molar-refractivity contribution in [2.75, 3.05) is 26.4 Å². The van der Waals surface area contributed by atoms with Crippen molar-refractivity contribution in [2.45, 2.75) is 291 Å². The molecule has 0 aliphatic carbocycles. The molecule has 0 saturated carbocycles. The Bertz CT molecular complexity index is 1460. The minimum atomic E-state index is -1.97. The third-order valence-corrected chi connectivity index (χ3v) is 14.5. The second kappa shape index (κ2) is 39.6. The van der Waals surface area contributed by atoms with Crippen LogP contribution in [0.2, 0.25) is 0 Å². The molecule has 74 heavy (non-hydrogen) atoms. The zero-order valence-corrected chi connectivity index (χ0v) is 44.8. The molecule has 1 amide bonds. The largest absolute Gasteiger partial charge is 0.394 e. The van der Waals surface area contributed by atoms with E-state index >= 15 is 0 Å². The third-order valence-electron chi connectivity index (χ3n) is 14.5. The van der Waals surface area contributed by atoms with E-state index in [1.54, 1.807) is 0 Å². The van der Waals surface area contributed by atoms with Gasteiger partial charge in [-0.25, -0.2) is 0 Å². The monoisotopic (exact) mass is 1060 g/mol. The summed E-state index contributed by atoms with van der Waals surface area (Å²) >= 11 is 0. The van der Waals surface area contributed by atoms with Crippen molar-refractivity contribution in [1.29, 1.82) is 0 Å². The lowest BCUT2D eigenvalue weighted by atomic mass is 9.96. The van der Waals surface area contributed by atoms with Gasteiger partial charge in [0, 0.05) is 6.42 Å². The molecule has 0 aromatic rings. The molecule has 434 valence electrons. The van der Waals surface area contributed by atoms with Crippen molar-refractivity contribution in [3.8, 4) is 0 Å². The quantitative estimate of drug-likeness (QED) is 0.0304. The maximum atomic E-state index is 13.3. The molecule has 3 aliphatic heterocycles. The minimum Gasteiger partial charge on any atom is -0.394 e. The second-order valence-corrected chi connectivity index (χ2v) is 20.8. The first-order valence-corrected chi connectivity index (χ1v) is 28.6. The highest BCUT2D eigenvalue weighted by atomic mass is 16.8. The van der Waals surface area contributed by atoms with E-state index in [1.807, 2.05) is 0 Å². The number of amides is 1. The lowest BCUT2D eigenvalue weighted by Crippen LogP contribution is -2.66. The summed E-state index contributed by atoms with van der Waals surface area (Å²) in [6, 6.07) is -0.885.